The van der Waals surface area contributed by atoms with Gasteiger partial charge in [0.1, 0.15) is 5.01 Å². The third-order valence-electron chi connectivity index (χ3n) is 2.92. The first-order valence-electron chi connectivity index (χ1n) is 6.32. The highest BCUT2D eigenvalue weighted by Gasteiger charge is 2.11. The molecule has 0 saturated heterocycles. The minimum atomic E-state index is 0.369. The van der Waals surface area contributed by atoms with Crippen LogP contribution in [0.15, 0.2) is 24.7 Å². The highest BCUT2D eigenvalue weighted by Crippen LogP contribution is 2.29. The molecule has 0 aliphatic carbocycles. The molecule has 2 aromatic heterocycles. The molecule has 0 aliphatic heterocycles. The Labute approximate surface area is 112 Å². The highest BCUT2D eigenvalue weighted by atomic mass is 32.1. The molecular formula is C14H19N3S. The van der Waals surface area contributed by atoms with E-state index in [1.807, 2.05) is 24.7 Å². The molecule has 2 heterocycles. The van der Waals surface area contributed by atoms with E-state index in [9.17, 15) is 0 Å². The lowest BCUT2D eigenvalue weighted by Gasteiger charge is -2.09. The third kappa shape index (κ3) is 2.94. The minimum Gasteiger partial charge on any atom is -0.309 e. The first-order chi connectivity index (χ1) is 8.72. The molecule has 18 heavy (non-hydrogen) atoms. The van der Waals surface area contributed by atoms with Gasteiger partial charge in [0.15, 0.2) is 0 Å². The number of thiazole rings is 1. The average Bonchev–Trinajstić information content (AvgIpc) is 2.86. The lowest BCUT2D eigenvalue weighted by atomic mass is 10.2. The summed E-state index contributed by atoms with van der Waals surface area (Å²) < 4.78 is 0. The zero-order valence-corrected chi connectivity index (χ0v) is 11.9. The normalized spacial score (nSPS) is 12.6. The standard InChI is InChI=1S/C14H19N3S/c1-4-6-16-11(3)13-9-17-14(18-13)12-8-15-7-5-10(12)2/h5,7-9,11,16H,4,6H2,1-3H3. The van der Waals surface area contributed by atoms with Crippen LogP contribution in [0.5, 0.6) is 0 Å². The third-order valence-corrected chi connectivity index (χ3v) is 4.13. The lowest BCUT2D eigenvalue weighted by molar-refractivity contribution is 0.577. The first-order valence-corrected chi connectivity index (χ1v) is 7.14. The maximum absolute atomic E-state index is 4.51. The fourth-order valence-electron chi connectivity index (χ4n) is 1.76. The van der Waals surface area contributed by atoms with Crippen LogP contribution in [-0.2, 0) is 0 Å². The van der Waals surface area contributed by atoms with E-state index >= 15 is 0 Å². The van der Waals surface area contributed by atoms with Crippen molar-refractivity contribution in [1.29, 1.82) is 0 Å². The molecule has 0 saturated carbocycles. The van der Waals surface area contributed by atoms with E-state index in [2.05, 4.69) is 36.1 Å². The van der Waals surface area contributed by atoms with Crippen LogP contribution < -0.4 is 5.32 Å². The second-order valence-corrected chi connectivity index (χ2v) is 5.50. The summed E-state index contributed by atoms with van der Waals surface area (Å²) in [6.07, 6.45) is 6.83. The smallest absolute Gasteiger partial charge is 0.125 e. The number of rotatable bonds is 5. The van der Waals surface area contributed by atoms with Crippen molar-refractivity contribution in [2.45, 2.75) is 33.2 Å². The Balaban J connectivity index is 2.18. The quantitative estimate of drug-likeness (QED) is 0.894. The molecule has 0 aromatic carbocycles. The summed E-state index contributed by atoms with van der Waals surface area (Å²) in [4.78, 5) is 9.97. The number of hydrogen-bond acceptors (Lipinski definition) is 4. The van der Waals surface area contributed by atoms with Gasteiger partial charge in [-0.15, -0.1) is 11.3 Å². The van der Waals surface area contributed by atoms with Crippen molar-refractivity contribution in [3.05, 3.63) is 35.1 Å². The van der Waals surface area contributed by atoms with Gasteiger partial charge in [-0.25, -0.2) is 4.98 Å². The van der Waals surface area contributed by atoms with Gasteiger partial charge in [0.05, 0.1) is 0 Å². The van der Waals surface area contributed by atoms with E-state index in [4.69, 9.17) is 0 Å². The molecule has 1 unspecified atom stereocenters. The number of nitrogens with one attached hydrogen (secondary N) is 1. The molecule has 1 N–H and O–H groups in total. The molecule has 0 amide bonds. The van der Waals surface area contributed by atoms with Gasteiger partial charge in [0, 0.05) is 35.1 Å². The number of aryl methyl sites for hydroxylation is 1. The molecule has 3 nitrogen and oxygen atoms in total. The fraction of sp³-hybridized carbons (Fsp3) is 0.429. The van der Waals surface area contributed by atoms with E-state index in [1.165, 1.54) is 10.4 Å². The molecule has 0 aliphatic rings. The number of pyridine rings is 1. The van der Waals surface area contributed by atoms with E-state index in [1.54, 1.807) is 11.3 Å². The van der Waals surface area contributed by atoms with Crippen LogP contribution in [0.25, 0.3) is 10.6 Å². The van der Waals surface area contributed by atoms with Crippen molar-refractivity contribution in [2.24, 2.45) is 0 Å². The van der Waals surface area contributed by atoms with Crippen LogP contribution in [0.1, 0.15) is 36.8 Å². The van der Waals surface area contributed by atoms with Crippen LogP contribution in [-0.4, -0.2) is 16.5 Å². The predicted octanol–water partition coefficient (Wildman–Crippen LogP) is 3.57. The van der Waals surface area contributed by atoms with E-state index in [0.29, 0.717) is 6.04 Å². The van der Waals surface area contributed by atoms with Gasteiger partial charge >= 0.3 is 0 Å². The highest BCUT2D eigenvalue weighted by molar-refractivity contribution is 7.15. The molecule has 1 atom stereocenters. The van der Waals surface area contributed by atoms with Crippen molar-refractivity contribution < 1.29 is 0 Å². The summed E-state index contributed by atoms with van der Waals surface area (Å²) in [5.41, 5.74) is 2.36. The van der Waals surface area contributed by atoms with Crippen molar-refractivity contribution in [1.82, 2.24) is 15.3 Å². The maximum Gasteiger partial charge on any atom is 0.125 e. The van der Waals surface area contributed by atoms with E-state index < -0.39 is 0 Å². The Morgan fingerprint density at radius 1 is 1.39 bits per heavy atom. The van der Waals surface area contributed by atoms with Crippen LogP contribution >= 0.6 is 11.3 Å². The van der Waals surface area contributed by atoms with Gasteiger partial charge in [-0.3, -0.25) is 4.98 Å². The van der Waals surface area contributed by atoms with Gasteiger partial charge in [-0.2, -0.15) is 0 Å². The zero-order valence-electron chi connectivity index (χ0n) is 11.1. The lowest BCUT2D eigenvalue weighted by Crippen LogP contribution is -2.18. The largest absolute Gasteiger partial charge is 0.309 e. The topological polar surface area (TPSA) is 37.8 Å². The Morgan fingerprint density at radius 3 is 2.94 bits per heavy atom. The van der Waals surface area contributed by atoms with Crippen LogP contribution in [0.2, 0.25) is 0 Å². The van der Waals surface area contributed by atoms with Crippen molar-refractivity contribution in [3.63, 3.8) is 0 Å². The molecule has 4 heteroatoms. The summed E-state index contributed by atoms with van der Waals surface area (Å²) in [6, 6.07) is 2.39. The maximum atomic E-state index is 4.51. The molecule has 0 radical (unpaired) electrons. The Hall–Kier alpha value is -1.26. The summed E-state index contributed by atoms with van der Waals surface area (Å²) in [5, 5.41) is 4.54. The Morgan fingerprint density at radius 2 is 2.22 bits per heavy atom. The SMILES string of the molecule is CCCNC(C)c1cnc(-c2cnccc2C)s1. The zero-order chi connectivity index (χ0) is 13.0. The fourth-order valence-corrected chi connectivity index (χ4v) is 2.78. The molecule has 0 spiro atoms. The van der Waals surface area contributed by atoms with Crippen molar-refractivity contribution in [3.8, 4) is 10.6 Å². The molecule has 96 valence electrons. The number of aromatic nitrogens is 2. The summed E-state index contributed by atoms with van der Waals surface area (Å²) >= 11 is 1.75. The molecule has 0 fully saturated rings. The van der Waals surface area contributed by atoms with E-state index in [0.717, 1.165) is 23.5 Å². The number of hydrogen-bond donors (Lipinski definition) is 1. The predicted molar refractivity (Wildman–Crippen MR) is 76.8 cm³/mol. The van der Waals surface area contributed by atoms with E-state index in [-0.39, 0.29) is 0 Å². The summed E-state index contributed by atoms with van der Waals surface area (Å²) in [6.45, 7) is 7.50. The van der Waals surface area contributed by atoms with Gasteiger partial charge < -0.3 is 5.32 Å². The second-order valence-electron chi connectivity index (χ2n) is 4.43. The van der Waals surface area contributed by atoms with Gasteiger partial charge in [0.25, 0.3) is 0 Å². The Kier molecular flexibility index (Phi) is 4.44. The van der Waals surface area contributed by atoms with Crippen LogP contribution in [0.3, 0.4) is 0 Å². The molecule has 2 aromatic rings. The first kappa shape index (κ1) is 13.2. The molecule has 2 rings (SSSR count). The van der Waals surface area contributed by atoms with Gasteiger partial charge in [-0.1, -0.05) is 6.92 Å². The van der Waals surface area contributed by atoms with Gasteiger partial charge in [0.2, 0.25) is 0 Å². The number of nitrogens with zero attached hydrogens (tertiary/aromatic N) is 2. The average molecular weight is 261 g/mol. The summed E-state index contributed by atoms with van der Waals surface area (Å²) in [7, 11) is 0. The molecule has 0 bridgehead atoms. The minimum absolute atomic E-state index is 0.369. The second kappa shape index (κ2) is 6.07. The van der Waals surface area contributed by atoms with Crippen LogP contribution in [0.4, 0.5) is 0 Å². The monoisotopic (exact) mass is 261 g/mol. The Bertz CT molecular complexity index is 507. The van der Waals surface area contributed by atoms with Gasteiger partial charge in [-0.05, 0) is 38.4 Å². The molecular weight excluding hydrogens is 242 g/mol. The van der Waals surface area contributed by atoms with Crippen LogP contribution in [0, 0.1) is 6.92 Å². The van der Waals surface area contributed by atoms with Crippen molar-refractivity contribution >= 4 is 11.3 Å². The summed E-state index contributed by atoms with van der Waals surface area (Å²) in [5.74, 6) is 0. The van der Waals surface area contributed by atoms with Crippen molar-refractivity contribution in [2.75, 3.05) is 6.54 Å².